The van der Waals surface area contributed by atoms with Gasteiger partial charge in [-0.2, -0.15) is 0 Å². The van der Waals surface area contributed by atoms with E-state index in [0.29, 0.717) is 24.3 Å². The molecule has 2 aromatic carbocycles. The van der Waals surface area contributed by atoms with Crippen LogP contribution in [0.3, 0.4) is 0 Å². The number of benzene rings is 2. The van der Waals surface area contributed by atoms with Crippen LogP contribution in [0.4, 0.5) is 0 Å². The predicted molar refractivity (Wildman–Crippen MR) is 128 cm³/mol. The largest absolute Gasteiger partial charge is 0.478 e. The van der Waals surface area contributed by atoms with Crippen LogP contribution in [-0.2, 0) is 16.1 Å². The summed E-state index contributed by atoms with van der Waals surface area (Å²) in [6.07, 6.45) is 3.55. The Morgan fingerprint density at radius 1 is 1.09 bits per heavy atom. The molecule has 0 radical (unpaired) electrons. The van der Waals surface area contributed by atoms with Gasteiger partial charge in [-0.1, -0.05) is 50.3 Å². The molecule has 5 heteroatoms. The molecule has 1 aromatic heterocycles. The highest BCUT2D eigenvalue weighted by molar-refractivity contribution is 6.05. The summed E-state index contributed by atoms with van der Waals surface area (Å²) < 4.78 is 7.50. The third-order valence-corrected chi connectivity index (χ3v) is 5.56. The van der Waals surface area contributed by atoms with Gasteiger partial charge in [0.05, 0.1) is 17.7 Å². The van der Waals surface area contributed by atoms with Gasteiger partial charge in [-0.05, 0) is 61.2 Å². The number of ether oxygens (including phenoxy) is 1. The van der Waals surface area contributed by atoms with Crippen molar-refractivity contribution in [2.24, 2.45) is 0 Å². The maximum atomic E-state index is 12.4. The molecule has 0 unspecified atom stereocenters. The van der Waals surface area contributed by atoms with E-state index in [9.17, 15) is 14.7 Å². The van der Waals surface area contributed by atoms with E-state index in [-0.39, 0.29) is 11.5 Å². The number of nitrogens with zero attached hydrogens (tertiary/aromatic N) is 1. The number of carbonyl (C=O) groups is 2. The maximum absolute atomic E-state index is 12.4. The number of aryl methyl sites for hydroxylation is 1. The second kappa shape index (κ2) is 10.1. The molecule has 166 valence electrons. The summed E-state index contributed by atoms with van der Waals surface area (Å²) in [4.78, 5) is 23.6. The van der Waals surface area contributed by atoms with Gasteiger partial charge in [0.1, 0.15) is 0 Å². The molecule has 5 nitrogen and oxygen atoms in total. The van der Waals surface area contributed by atoms with Gasteiger partial charge in [-0.3, -0.25) is 0 Å². The molecule has 32 heavy (non-hydrogen) atoms. The first-order valence-corrected chi connectivity index (χ1v) is 10.8. The average molecular weight is 432 g/mol. The van der Waals surface area contributed by atoms with E-state index < -0.39 is 5.97 Å². The Labute approximate surface area is 188 Å². The van der Waals surface area contributed by atoms with E-state index >= 15 is 0 Å². The number of unbranched alkanes of at least 4 members (excludes halogenated alkanes) is 1. The lowest BCUT2D eigenvalue weighted by molar-refractivity contribution is -0.138. The van der Waals surface area contributed by atoms with Crippen LogP contribution in [0.1, 0.15) is 53.9 Å². The van der Waals surface area contributed by atoms with Gasteiger partial charge in [0.2, 0.25) is 0 Å². The normalized spacial score (nSPS) is 11.5. The first-order chi connectivity index (χ1) is 15.3. The molecular weight excluding hydrogens is 402 g/mol. The van der Waals surface area contributed by atoms with Gasteiger partial charge in [-0.15, -0.1) is 0 Å². The molecule has 0 saturated heterocycles. The second-order valence-electron chi connectivity index (χ2n) is 7.82. The number of allylic oxidation sites excluding steroid dienone is 1. The number of hydrogen-bond acceptors (Lipinski definition) is 3. The van der Waals surface area contributed by atoms with Crippen LogP contribution in [-0.4, -0.2) is 28.2 Å². The number of esters is 1. The molecule has 0 amide bonds. The number of carboxylic acid groups (broad SMARTS) is 1. The topological polar surface area (TPSA) is 68.5 Å². The van der Waals surface area contributed by atoms with Crippen LogP contribution in [0, 0.1) is 6.92 Å². The monoisotopic (exact) mass is 431 g/mol. The number of aromatic nitrogens is 1. The molecule has 3 aromatic rings. The Morgan fingerprint density at radius 2 is 1.78 bits per heavy atom. The number of aromatic carboxylic acids is 1. The fourth-order valence-electron chi connectivity index (χ4n) is 3.70. The molecule has 0 saturated carbocycles. The van der Waals surface area contributed by atoms with Crippen LogP contribution in [0.15, 0.2) is 66.8 Å². The second-order valence-corrected chi connectivity index (χ2v) is 7.82. The molecule has 0 aliphatic heterocycles. The summed E-state index contributed by atoms with van der Waals surface area (Å²) in [6.45, 7) is 11.1. The first-order valence-electron chi connectivity index (χ1n) is 10.8. The highest BCUT2D eigenvalue weighted by atomic mass is 16.5. The Balaban J connectivity index is 1.77. The van der Waals surface area contributed by atoms with E-state index in [0.717, 1.165) is 40.6 Å². The SMILES string of the molecule is C=C(/C(=C\C)C(=O)OCCCC)c1ccc(Cn2c(C)cc3cc(C(=O)O)ccc32)cc1. The quantitative estimate of drug-likeness (QED) is 0.195. The Morgan fingerprint density at radius 3 is 2.41 bits per heavy atom. The molecule has 3 rings (SSSR count). The lowest BCUT2D eigenvalue weighted by Crippen LogP contribution is -2.10. The van der Waals surface area contributed by atoms with E-state index in [4.69, 9.17) is 4.74 Å². The molecule has 1 heterocycles. The van der Waals surface area contributed by atoms with E-state index in [1.807, 2.05) is 50.2 Å². The molecule has 0 spiro atoms. The lowest BCUT2D eigenvalue weighted by atomic mass is 9.98. The summed E-state index contributed by atoms with van der Waals surface area (Å²) in [5.41, 5.74) is 5.42. The van der Waals surface area contributed by atoms with Gasteiger partial charge in [-0.25, -0.2) is 9.59 Å². The van der Waals surface area contributed by atoms with Crippen molar-refractivity contribution in [2.75, 3.05) is 6.61 Å². The van der Waals surface area contributed by atoms with E-state index in [2.05, 4.69) is 18.1 Å². The highest BCUT2D eigenvalue weighted by Gasteiger charge is 2.15. The number of carbonyl (C=O) groups excluding carboxylic acids is 1. The zero-order valence-corrected chi connectivity index (χ0v) is 18.9. The van der Waals surface area contributed by atoms with Crippen LogP contribution in [0.2, 0.25) is 0 Å². The van der Waals surface area contributed by atoms with Crippen molar-refractivity contribution in [2.45, 2.75) is 40.2 Å². The number of fused-ring (bicyclic) bond motifs is 1. The van der Waals surface area contributed by atoms with Crippen molar-refractivity contribution in [1.82, 2.24) is 4.57 Å². The van der Waals surface area contributed by atoms with Crippen molar-refractivity contribution in [3.05, 3.63) is 89.1 Å². The van der Waals surface area contributed by atoms with Crippen molar-refractivity contribution in [1.29, 1.82) is 0 Å². The Kier molecular flexibility index (Phi) is 7.31. The summed E-state index contributed by atoms with van der Waals surface area (Å²) in [5, 5.41) is 10.1. The van der Waals surface area contributed by atoms with Gasteiger partial charge in [0.25, 0.3) is 0 Å². The fraction of sp³-hybridized carbons (Fsp3) is 0.259. The van der Waals surface area contributed by atoms with Crippen LogP contribution < -0.4 is 0 Å². The number of carboxylic acids is 1. The van der Waals surface area contributed by atoms with Gasteiger partial charge >= 0.3 is 11.9 Å². The average Bonchev–Trinajstić information content (AvgIpc) is 3.09. The third-order valence-electron chi connectivity index (χ3n) is 5.56. The molecule has 0 fully saturated rings. The van der Waals surface area contributed by atoms with Gasteiger partial charge < -0.3 is 14.4 Å². The minimum atomic E-state index is -0.928. The Bertz CT molecular complexity index is 1180. The summed E-state index contributed by atoms with van der Waals surface area (Å²) in [7, 11) is 0. The molecular formula is C27H29NO4. The van der Waals surface area contributed by atoms with Crippen molar-refractivity contribution in [3.63, 3.8) is 0 Å². The van der Waals surface area contributed by atoms with Crippen molar-refractivity contribution in [3.8, 4) is 0 Å². The van der Waals surface area contributed by atoms with Gasteiger partial charge in [0, 0.05) is 23.1 Å². The summed E-state index contributed by atoms with van der Waals surface area (Å²) in [5.74, 6) is -1.27. The molecule has 0 bridgehead atoms. The molecule has 0 atom stereocenters. The smallest absolute Gasteiger partial charge is 0.338 e. The van der Waals surface area contributed by atoms with Crippen LogP contribution in [0.5, 0.6) is 0 Å². The predicted octanol–water partition coefficient (Wildman–Crippen LogP) is 6.00. The number of hydrogen-bond donors (Lipinski definition) is 1. The molecule has 1 N–H and O–H groups in total. The lowest BCUT2D eigenvalue weighted by Gasteiger charge is -2.13. The van der Waals surface area contributed by atoms with Crippen molar-refractivity contribution >= 4 is 28.4 Å². The first kappa shape index (κ1) is 23.1. The van der Waals surface area contributed by atoms with E-state index in [1.165, 1.54) is 0 Å². The van der Waals surface area contributed by atoms with E-state index in [1.54, 1.807) is 18.2 Å². The molecule has 0 aliphatic rings. The van der Waals surface area contributed by atoms with Crippen LogP contribution in [0.25, 0.3) is 16.5 Å². The number of rotatable bonds is 9. The van der Waals surface area contributed by atoms with Crippen LogP contribution >= 0.6 is 0 Å². The fourth-order valence-corrected chi connectivity index (χ4v) is 3.70. The zero-order valence-electron chi connectivity index (χ0n) is 18.9. The summed E-state index contributed by atoms with van der Waals surface area (Å²) >= 11 is 0. The highest BCUT2D eigenvalue weighted by Crippen LogP contribution is 2.25. The Hall–Kier alpha value is -3.60. The zero-order chi connectivity index (χ0) is 23.3. The summed E-state index contributed by atoms with van der Waals surface area (Å²) in [6, 6.07) is 15.2. The minimum absolute atomic E-state index is 0.283. The van der Waals surface area contributed by atoms with Crippen molar-refractivity contribution < 1.29 is 19.4 Å². The van der Waals surface area contributed by atoms with Gasteiger partial charge in [0.15, 0.2) is 0 Å². The third kappa shape index (κ3) is 4.99. The standard InChI is InChI=1S/C27H29NO4/c1-5-7-14-32-27(31)24(6-2)19(4)21-10-8-20(9-11-21)17-28-18(3)15-23-16-22(26(29)30)12-13-25(23)28/h6,8-13,15-16H,4-5,7,14,17H2,1-3H3,(H,29,30)/b24-6+. The minimum Gasteiger partial charge on any atom is -0.478 e. The maximum Gasteiger partial charge on any atom is 0.338 e. The molecule has 0 aliphatic carbocycles.